The second-order valence-electron chi connectivity index (χ2n) is 14.3. The number of carbonyl (C=O) groups is 3. The first kappa shape index (κ1) is 37.3. The summed E-state index contributed by atoms with van der Waals surface area (Å²) in [5.74, 6) is -0.720. The summed E-state index contributed by atoms with van der Waals surface area (Å²) in [6.07, 6.45) is 23.8. The second-order valence-corrected chi connectivity index (χ2v) is 14.3. The van der Waals surface area contributed by atoms with Crippen LogP contribution in [-0.4, -0.2) is 59.5 Å². The average Bonchev–Trinajstić information content (AvgIpc) is 3.13. The van der Waals surface area contributed by atoms with E-state index in [0.29, 0.717) is 35.4 Å². The Morgan fingerprint density at radius 3 is 2.02 bits per heavy atom. The number of anilines is 2. The molecule has 2 aliphatic carbocycles. The Labute approximate surface area is 299 Å². The molecule has 0 unspecified atom stereocenters. The normalized spacial score (nSPS) is 20.3. The number of rotatable bonds is 16. The van der Waals surface area contributed by atoms with Crippen molar-refractivity contribution in [3.63, 3.8) is 0 Å². The van der Waals surface area contributed by atoms with Crippen LogP contribution in [0.5, 0.6) is 0 Å². The molecule has 270 valence electrons. The number of nitrogens with zero attached hydrogens (tertiary/aromatic N) is 3. The van der Waals surface area contributed by atoms with Crippen LogP contribution in [0.1, 0.15) is 135 Å². The molecule has 2 fully saturated rings. The van der Waals surface area contributed by atoms with Crippen molar-refractivity contribution in [2.45, 2.75) is 129 Å². The van der Waals surface area contributed by atoms with Crippen LogP contribution in [0.15, 0.2) is 64.0 Å². The van der Waals surface area contributed by atoms with E-state index in [4.69, 9.17) is 0 Å². The highest BCUT2D eigenvalue weighted by Crippen LogP contribution is 2.43. The minimum atomic E-state index is -0.308. The number of aliphatic hydroxyl groups is 1. The van der Waals surface area contributed by atoms with E-state index in [-0.39, 0.29) is 34.5 Å². The Morgan fingerprint density at radius 1 is 0.760 bits per heavy atom. The van der Waals surface area contributed by atoms with Gasteiger partial charge in [0, 0.05) is 61.5 Å². The fraction of sp³-hybridized carbons (Fsp3) is 0.571. The number of amides is 2. The maximum atomic E-state index is 14.1. The van der Waals surface area contributed by atoms with Crippen molar-refractivity contribution in [2.24, 2.45) is 4.99 Å². The number of piperidine rings is 2. The number of benzene rings is 1. The summed E-state index contributed by atoms with van der Waals surface area (Å²) in [5, 5.41) is 14.7. The molecule has 0 radical (unpaired) electrons. The van der Waals surface area contributed by atoms with Crippen LogP contribution in [-0.2, 0) is 14.4 Å². The zero-order valence-corrected chi connectivity index (χ0v) is 30.5. The topological polar surface area (TPSA) is 102 Å². The molecule has 1 aromatic rings. The third-order valence-corrected chi connectivity index (χ3v) is 10.4. The van der Waals surface area contributed by atoms with Gasteiger partial charge in [-0.25, -0.2) is 4.99 Å². The van der Waals surface area contributed by atoms with Crippen molar-refractivity contribution in [3.05, 3.63) is 64.6 Å². The standard InChI is InChI=1S/C42H58N4O4/c1-3-5-7-9-13-19-37(47)43-35-29-31(45-25-15-11-16-26-45)21-23-33(35)39-41(49)40(42(39)50)34-24-22-32(46-27-17-12-18-28-46)30-36(34)44-38(48)20-14-10-8-6-4-2/h21-24,29-30,49H,3-20,25-28H2,1-2H3,(H,43,47). The average molecular weight is 683 g/mol. The van der Waals surface area contributed by atoms with Gasteiger partial charge in [-0.05, 0) is 87.8 Å². The van der Waals surface area contributed by atoms with Crippen molar-refractivity contribution in [3.8, 4) is 0 Å². The Hall–Kier alpha value is -3.94. The van der Waals surface area contributed by atoms with Crippen molar-refractivity contribution in [1.82, 2.24) is 4.90 Å². The van der Waals surface area contributed by atoms with Crippen LogP contribution in [0.3, 0.4) is 0 Å². The number of hydrogen-bond acceptors (Lipinski definition) is 6. The Balaban J connectivity index is 1.45. The first-order chi connectivity index (χ1) is 24.4. The number of aliphatic hydroxyl groups excluding tert-OH is 1. The predicted molar refractivity (Wildman–Crippen MR) is 205 cm³/mol. The number of hydrogen-bond donors (Lipinski definition) is 2. The lowest BCUT2D eigenvalue weighted by Gasteiger charge is -2.32. The third-order valence-electron chi connectivity index (χ3n) is 10.4. The maximum absolute atomic E-state index is 14.1. The summed E-state index contributed by atoms with van der Waals surface area (Å²) in [6, 6.07) is 5.79. The van der Waals surface area contributed by atoms with E-state index < -0.39 is 0 Å². The fourth-order valence-electron chi connectivity index (χ4n) is 7.45. The Kier molecular flexibility index (Phi) is 14.1. The molecule has 0 atom stereocenters. The minimum absolute atomic E-state index is 0.0859. The zero-order chi connectivity index (χ0) is 35.3. The number of aliphatic imine (C=N–C) groups is 1. The molecule has 2 saturated heterocycles. The molecule has 8 heteroatoms. The van der Waals surface area contributed by atoms with Gasteiger partial charge in [0.05, 0.1) is 22.5 Å². The van der Waals surface area contributed by atoms with Crippen molar-refractivity contribution < 1.29 is 19.5 Å². The van der Waals surface area contributed by atoms with Gasteiger partial charge >= 0.3 is 0 Å². The molecule has 4 aliphatic rings. The number of Topliss-reactive ketones (excluding diaryl/α,β-unsaturated/α-hetero) is 1. The summed E-state index contributed by atoms with van der Waals surface area (Å²) in [6.45, 7) is 8.13. The third kappa shape index (κ3) is 9.64. The Bertz CT molecular complexity index is 1540. The smallest absolute Gasteiger partial charge is 0.246 e. The maximum Gasteiger partial charge on any atom is 0.246 e. The molecule has 5 rings (SSSR count). The van der Waals surface area contributed by atoms with E-state index in [1.807, 2.05) is 36.4 Å². The Morgan fingerprint density at radius 2 is 1.38 bits per heavy atom. The summed E-state index contributed by atoms with van der Waals surface area (Å²) in [4.78, 5) is 49.5. The monoisotopic (exact) mass is 682 g/mol. The van der Waals surface area contributed by atoms with Gasteiger partial charge in [-0.2, -0.15) is 0 Å². The van der Waals surface area contributed by atoms with E-state index in [1.54, 1.807) is 0 Å². The van der Waals surface area contributed by atoms with Gasteiger partial charge in [0.15, 0.2) is 0 Å². The summed E-state index contributed by atoms with van der Waals surface area (Å²) >= 11 is 0. The highest BCUT2D eigenvalue weighted by atomic mass is 16.3. The molecule has 2 heterocycles. The van der Waals surface area contributed by atoms with Gasteiger partial charge < -0.3 is 20.2 Å². The van der Waals surface area contributed by atoms with E-state index in [2.05, 4.69) is 34.0 Å². The lowest BCUT2D eigenvalue weighted by atomic mass is 9.78. The number of likely N-dealkylation sites (tertiary alicyclic amines) is 1. The lowest BCUT2D eigenvalue weighted by Crippen LogP contribution is -2.31. The van der Waals surface area contributed by atoms with Gasteiger partial charge in [-0.15, -0.1) is 0 Å². The van der Waals surface area contributed by atoms with Gasteiger partial charge in [0.2, 0.25) is 17.6 Å². The van der Waals surface area contributed by atoms with E-state index in [1.165, 1.54) is 19.3 Å². The largest absolute Gasteiger partial charge is 0.506 e. The molecule has 0 spiro atoms. The molecular weight excluding hydrogens is 624 g/mol. The van der Waals surface area contributed by atoms with Crippen LogP contribution >= 0.6 is 0 Å². The van der Waals surface area contributed by atoms with Crippen molar-refractivity contribution in [2.75, 3.05) is 36.4 Å². The summed E-state index contributed by atoms with van der Waals surface area (Å²) < 4.78 is 0. The number of unbranched alkanes of at least 4 members (excludes halogenated alkanes) is 8. The second kappa shape index (κ2) is 18.9. The quantitative estimate of drug-likeness (QED) is 0.133. The van der Waals surface area contributed by atoms with E-state index >= 15 is 0 Å². The fourth-order valence-corrected chi connectivity index (χ4v) is 7.45. The molecule has 8 nitrogen and oxygen atoms in total. The lowest BCUT2D eigenvalue weighted by molar-refractivity contribution is -0.118. The van der Waals surface area contributed by atoms with Crippen LogP contribution in [0, 0.1) is 0 Å². The van der Waals surface area contributed by atoms with Gasteiger partial charge in [0.1, 0.15) is 5.76 Å². The van der Waals surface area contributed by atoms with E-state index in [9.17, 15) is 19.5 Å². The van der Waals surface area contributed by atoms with E-state index in [0.717, 1.165) is 121 Å². The molecule has 2 amide bonds. The molecule has 0 saturated carbocycles. The van der Waals surface area contributed by atoms with Gasteiger partial charge in [-0.1, -0.05) is 65.2 Å². The minimum Gasteiger partial charge on any atom is -0.506 e. The highest BCUT2D eigenvalue weighted by Gasteiger charge is 2.39. The number of allylic oxidation sites excluding steroid dienone is 6. The zero-order valence-electron chi connectivity index (χ0n) is 30.5. The molecule has 0 aromatic heterocycles. The van der Waals surface area contributed by atoms with Crippen molar-refractivity contribution in [1.29, 1.82) is 0 Å². The molecule has 1 aromatic carbocycles. The summed E-state index contributed by atoms with van der Waals surface area (Å²) in [5.41, 5.74) is 4.31. The highest BCUT2D eigenvalue weighted by molar-refractivity contribution is 6.42. The van der Waals surface area contributed by atoms with Crippen LogP contribution < -0.4 is 10.2 Å². The predicted octanol–water partition coefficient (Wildman–Crippen LogP) is 9.39. The number of nitrogens with one attached hydrogen (secondary N) is 1. The first-order valence-electron chi connectivity index (χ1n) is 19.6. The van der Waals surface area contributed by atoms with Crippen molar-refractivity contribution >= 4 is 40.3 Å². The first-order valence-corrected chi connectivity index (χ1v) is 19.6. The van der Waals surface area contributed by atoms with Crippen LogP contribution in [0.25, 0.3) is 5.57 Å². The summed E-state index contributed by atoms with van der Waals surface area (Å²) in [7, 11) is 0. The van der Waals surface area contributed by atoms with Gasteiger partial charge in [-0.3, -0.25) is 14.4 Å². The molecule has 50 heavy (non-hydrogen) atoms. The molecular formula is C42H58N4O4. The number of ketones is 1. The van der Waals surface area contributed by atoms with Crippen LogP contribution in [0.2, 0.25) is 0 Å². The van der Waals surface area contributed by atoms with Crippen LogP contribution in [0.4, 0.5) is 11.4 Å². The molecule has 2 aliphatic heterocycles. The SMILES string of the molecule is CCCCCCCC(=O)N=C1C=C(N2CCCCC2)C=CC1=C1C(=O)C(c2ccc(N3CCCCC3)cc2NC(=O)CCCCCCC)=C1O. The molecule has 0 bridgehead atoms. The van der Waals surface area contributed by atoms with Gasteiger partial charge in [0.25, 0.3) is 0 Å². The number of carbonyl (C=O) groups excluding carboxylic acids is 3. The molecule has 2 N–H and O–H groups in total.